The summed E-state index contributed by atoms with van der Waals surface area (Å²) in [7, 11) is 3.54. The van der Waals surface area contributed by atoms with Gasteiger partial charge in [0.15, 0.2) is 4.80 Å². The number of aromatic nitrogens is 3. The fraction of sp³-hybridized carbons (Fsp3) is 0.353. The predicted molar refractivity (Wildman–Crippen MR) is 94.6 cm³/mol. The molecule has 0 unspecified atom stereocenters. The van der Waals surface area contributed by atoms with E-state index in [4.69, 9.17) is 4.74 Å². The van der Waals surface area contributed by atoms with Crippen molar-refractivity contribution in [2.45, 2.75) is 27.3 Å². The molecule has 6 nitrogen and oxygen atoms in total. The number of carbonyl (C=O) groups is 1. The van der Waals surface area contributed by atoms with E-state index in [9.17, 15) is 4.79 Å². The van der Waals surface area contributed by atoms with E-state index in [-0.39, 0.29) is 5.91 Å². The summed E-state index contributed by atoms with van der Waals surface area (Å²) >= 11 is 1.49. The van der Waals surface area contributed by atoms with Gasteiger partial charge in [-0.2, -0.15) is 10.1 Å². The summed E-state index contributed by atoms with van der Waals surface area (Å²) in [6.45, 7) is 6.50. The highest BCUT2D eigenvalue weighted by atomic mass is 32.1. The maximum atomic E-state index is 12.6. The first kappa shape index (κ1) is 16.4. The Balaban J connectivity index is 2.19. The van der Waals surface area contributed by atoms with Crippen LogP contribution < -0.4 is 9.54 Å². The maximum Gasteiger partial charge on any atom is 0.297 e. The van der Waals surface area contributed by atoms with Gasteiger partial charge in [0.05, 0.1) is 17.5 Å². The Labute approximate surface area is 144 Å². The van der Waals surface area contributed by atoms with E-state index < -0.39 is 0 Å². The molecule has 0 atom stereocenters. The summed E-state index contributed by atoms with van der Waals surface area (Å²) in [4.78, 5) is 17.6. The van der Waals surface area contributed by atoms with Gasteiger partial charge in [-0.1, -0.05) is 17.4 Å². The topological polar surface area (TPSA) is 61.4 Å². The smallest absolute Gasteiger partial charge is 0.297 e. The number of ether oxygens (including phenoxy) is 1. The fourth-order valence-electron chi connectivity index (χ4n) is 2.72. The van der Waals surface area contributed by atoms with Gasteiger partial charge in [-0.25, -0.2) is 0 Å². The van der Waals surface area contributed by atoms with Crippen molar-refractivity contribution in [2.75, 3.05) is 7.11 Å². The van der Waals surface area contributed by atoms with Crippen LogP contribution in [0.2, 0.25) is 0 Å². The van der Waals surface area contributed by atoms with Gasteiger partial charge in [0.25, 0.3) is 5.91 Å². The van der Waals surface area contributed by atoms with Crippen molar-refractivity contribution >= 4 is 27.5 Å². The molecule has 2 heterocycles. The van der Waals surface area contributed by atoms with Crippen molar-refractivity contribution in [2.24, 2.45) is 12.0 Å². The van der Waals surface area contributed by atoms with E-state index in [0.717, 1.165) is 27.2 Å². The van der Waals surface area contributed by atoms with Gasteiger partial charge in [0.1, 0.15) is 17.0 Å². The Morgan fingerprint density at radius 3 is 2.79 bits per heavy atom. The average molecular weight is 344 g/mol. The Hall–Kier alpha value is -2.41. The Bertz CT molecular complexity index is 994. The minimum atomic E-state index is -0.281. The molecule has 7 heteroatoms. The van der Waals surface area contributed by atoms with Crippen LogP contribution in [-0.4, -0.2) is 27.4 Å². The lowest BCUT2D eigenvalue weighted by Crippen LogP contribution is -2.15. The molecule has 0 fully saturated rings. The first-order valence-electron chi connectivity index (χ1n) is 7.72. The highest BCUT2D eigenvalue weighted by Crippen LogP contribution is 2.29. The summed E-state index contributed by atoms with van der Waals surface area (Å²) < 4.78 is 10.1. The highest BCUT2D eigenvalue weighted by molar-refractivity contribution is 7.16. The van der Waals surface area contributed by atoms with Gasteiger partial charge in [-0.3, -0.25) is 9.48 Å². The number of hydrogen-bond donors (Lipinski definition) is 0. The van der Waals surface area contributed by atoms with Crippen LogP contribution in [0.3, 0.4) is 0 Å². The molecule has 2 aromatic heterocycles. The maximum absolute atomic E-state index is 12.6. The van der Waals surface area contributed by atoms with Crippen LogP contribution in [-0.2, 0) is 13.6 Å². The van der Waals surface area contributed by atoms with E-state index in [2.05, 4.69) is 10.1 Å². The molecule has 0 bridgehead atoms. The summed E-state index contributed by atoms with van der Waals surface area (Å²) in [6, 6.07) is 5.72. The number of nitrogens with zero attached hydrogens (tertiary/aromatic N) is 4. The molecule has 1 aromatic carbocycles. The molecule has 0 spiro atoms. The fourth-order valence-corrected chi connectivity index (χ4v) is 3.82. The number of amides is 1. The molecule has 0 radical (unpaired) electrons. The third-order valence-corrected chi connectivity index (χ3v) is 5.21. The first-order chi connectivity index (χ1) is 11.5. The Kier molecular flexibility index (Phi) is 4.28. The van der Waals surface area contributed by atoms with Gasteiger partial charge >= 0.3 is 0 Å². The molecule has 0 N–H and O–H groups in total. The number of hydrogen-bond acceptors (Lipinski definition) is 4. The third kappa shape index (κ3) is 2.65. The van der Waals surface area contributed by atoms with Crippen LogP contribution in [0.15, 0.2) is 23.2 Å². The molecule has 1 amide bonds. The van der Waals surface area contributed by atoms with E-state index in [1.54, 1.807) is 17.9 Å². The number of thiazole rings is 1. The second-order valence-electron chi connectivity index (χ2n) is 5.61. The van der Waals surface area contributed by atoms with Crippen LogP contribution in [0.1, 0.15) is 28.7 Å². The van der Waals surface area contributed by atoms with Crippen LogP contribution in [0.5, 0.6) is 5.75 Å². The number of aryl methyl sites for hydroxylation is 4. The quantitative estimate of drug-likeness (QED) is 0.734. The lowest BCUT2D eigenvalue weighted by Gasteiger charge is -2.05. The first-order valence-corrected chi connectivity index (χ1v) is 8.54. The van der Waals surface area contributed by atoms with Gasteiger partial charge in [0.2, 0.25) is 0 Å². The zero-order valence-electron chi connectivity index (χ0n) is 14.5. The zero-order valence-corrected chi connectivity index (χ0v) is 15.3. The molecular weight excluding hydrogens is 324 g/mol. The van der Waals surface area contributed by atoms with Crippen molar-refractivity contribution in [3.05, 3.63) is 40.0 Å². The summed E-state index contributed by atoms with van der Waals surface area (Å²) in [5, 5.41) is 4.31. The van der Waals surface area contributed by atoms with Crippen LogP contribution in [0.4, 0.5) is 0 Å². The largest absolute Gasteiger partial charge is 0.495 e. The molecule has 0 aliphatic heterocycles. The van der Waals surface area contributed by atoms with E-state index in [1.807, 2.05) is 44.5 Å². The zero-order chi connectivity index (χ0) is 17.4. The number of fused-ring (bicyclic) bond motifs is 1. The summed E-state index contributed by atoms with van der Waals surface area (Å²) in [5.74, 6) is 0.494. The number of rotatable bonds is 3. The van der Waals surface area contributed by atoms with Crippen molar-refractivity contribution in [3.8, 4) is 5.75 Å². The molecule has 0 aliphatic carbocycles. The van der Waals surface area contributed by atoms with Gasteiger partial charge < -0.3 is 9.30 Å². The van der Waals surface area contributed by atoms with Gasteiger partial charge in [-0.05, 0) is 38.5 Å². The number of carbonyl (C=O) groups excluding carboxylic acids is 1. The Morgan fingerprint density at radius 2 is 2.12 bits per heavy atom. The van der Waals surface area contributed by atoms with Crippen molar-refractivity contribution in [1.29, 1.82) is 0 Å². The van der Waals surface area contributed by atoms with Crippen molar-refractivity contribution in [1.82, 2.24) is 14.3 Å². The molecule has 0 aliphatic rings. The molecule has 126 valence electrons. The summed E-state index contributed by atoms with van der Waals surface area (Å²) in [5.41, 5.74) is 3.41. The van der Waals surface area contributed by atoms with Crippen LogP contribution in [0.25, 0.3) is 10.2 Å². The Morgan fingerprint density at radius 1 is 1.38 bits per heavy atom. The SMILES string of the molecule is CCn1nc(C)cc1C(=O)N=c1sc2c(C)ccc(OC)c2n1C. The number of methoxy groups -OCH3 is 1. The molecule has 24 heavy (non-hydrogen) atoms. The molecule has 0 saturated heterocycles. The second kappa shape index (κ2) is 6.24. The monoisotopic (exact) mass is 344 g/mol. The molecular formula is C17H20N4O2S. The van der Waals surface area contributed by atoms with Crippen molar-refractivity contribution in [3.63, 3.8) is 0 Å². The lowest BCUT2D eigenvalue weighted by atomic mass is 10.2. The average Bonchev–Trinajstić information content (AvgIpc) is 3.10. The molecule has 3 rings (SSSR count). The van der Waals surface area contributed by atoms with Crippen LogP contribution in [0, 0.1) is 13.8 Å². The van der Waals surface area contributed by atoms with Crippen molar-refractivity contribution < 1.29 is 9.53 Å². The van der Waals surface area contributed by atoms with E-state index in [0.29, 0.717) is 17.0 Å². The third-order valence-electron chi connectivity index (χ3n) is 3.94. The minimum absolute atomic E-state index is 0.281. The normalized spacial score (nSPS) is 12.1. The minimum Gasteiger partial charge on any atom is -0.495 e. The van der Waals surface area contributed by atoms with E-state index >= 15 is 0 Å². The summed E-state index contributed by atoms with van der Waals surface area (Å²) in [6.07, 6.45) is 0. The highest BCUT2D eigenvalue weighted by Gasteiger charge is 2.15. The standard InChI is InChI=1S/C17H20N4O2S/c1-6-21-12(9-11(3)19-21)16(22)18-17-20(4)14-13(23-5)8-7-10(2)15(14)24-17/h7-9H,6H2,1-5H3. The predicted octanol–water partition coefficient (Wildman–Crippen LogP) is 2.82. The second-order valence-corrected chi connectivity index (χ2v) is 6.59. The van der Waals surface area contributed by atoms with Gasteiger partial charge in [0, 0.05) is 13.6 Å². The molecule has 0 saturated carbocycles. The molecule has 3 aromatic rings. The van der Waals surface area contributed by atoms with Gasteiger partial charge in [-0.15, -0.1) is 0 Å². The lowest BCUT2D eigenvalue weighted by molar-refractivity contribution is 0.0988. The van der Waals surface area contributed by atoms with E-state index in [1.165, 1.54) is 11.3 Å². The number of benzene rings is 1. The van der Waals surface area contributed by atoms with Crippen LogP contribution >= 0.6 is 11.3 Å².